The van der Waals surface area contributed by atoms with Gasteiger partial charge in [-0.1, -0.05) is 26.0 Å². The lowest BCUT2D eigenvalue weighted by molar-refractivity contribution is 0.394. The molecule has 1 aromatic carbocycles. The molecule has 0 aliphatic heterocycles. The third kappa shape index (κ3) is 2.50. The van der Waals surface area contributed by atoms with E-state index in [0.717, 1.165) is 17.8 Å². The molecule has 5 heteroatoms. The number of nitrogen functional groups attached to an aromatic ring is 1. The van der Waals surface area contributed by atoms with Gasteiger partial charge < -0.3 is 5.73 Å². The van der Waals surface area contributed by atoms with Crippen LogP contribution in [-0.2, 0) is 0 Å². The number of tetrazole rings is 1. The van der Waals surface area contributed by atoms with Crippen LogP contribution in [0.15, 0.2) is 24.3 Å². The van der Waals surface area contributed by atoms with Crippen molar-refractivity contribution in [1.29, 1.82) is 0 Å². The monoisotopic (exact) mass is 245 g/mol. The lowest BCUT2D eigenvalue weighted by Gasteiger charge is -2.15. The highest BCUT2D eigenvalue weighted by Crippen LogP contribution is 2.26. The summed E-state index contributed by atoms with van der Waals surface area (Å²) in [5.41, 5.74) is 7.56. The van der Waals surface area contributed by atoms with Crippen molar-refractivity contribution < 1.29 is 0 Å². The van der Waals surface area contributed by atoms with Crippen molar-refractivity contribution in [3.8, 4) is 11.4 Å². The second kappa shape index (κ2) is 5.16. The molecule has 0 bridgehead atoms. The number of hydrogen-bond donors (Lipinski definition) is 1. The van der Waals surface area contributed by atoms with Gasteiger partial charge in [0.15, 0.2) is 5.82 Å². The van der Waals surface area contributed by atoms with Crippen molar-refractivity contribution in [3.63, 3.8) is 0 Å². The van der Waals surface area contributed by atoms with Crippen molar-refractivity contribution in [2.45, 2.75) is 33.2 Å². The molecule has 0 fully saturated rings. The summed E-state index contributed by atoms with van der Waals surface area (Å²) in [6.07, 6.45) is 1.03. The molecular weight excluding hydrogens is 226 g/mol. The van der Waals surface area contributed by atoms with Crippen molar-refractivity contribution in [3.05, 3.63) is 24.3 Å². The number of nitrogens with zero attached hydrogens (tertiary/aromatic N) is 4. The summed E-state index contributed by atoms with van der Waals surface area (Å²) in [7, 11) is 0. The molecule has 1 unspecified atom stereocenters. The predicted molar refractivity (Wildman–Crippen MR) is 71.8 cm³/mol. The zero-order valence-electron chi connectivity index (χ0n) is 11.0. The highest BCUT2D eigenvalue weighted by atomic mass is 15.5. The second-order valence-electron chi connectivity index (χ2n) is 5.01. The Balaban J connectivity index is 2.36. The third-order valence-electron chi connectivity index (χ3n) is 2.92. The quantitative estimate of drug-likeness (QED) is 0.840. The lowest BCUT2D eigenvalue weighted by Crippen LogP contribution is -2.12. The lowest BCUT2D eigenvalue weighted by atomic mass is 10.0. The molecule has 1 atom stereocenters. The Morgan fingerprint density at radius 3 is 2.61 bits per heavy atom. The average molecular weight is 245 g/mol. The third-order valence-corrected chi connectivity index (χ3v) is 2.92. The van der Waals surface area contributed by atoms with E-state index in [1.165, 1.54) is 0 Å². The molecule has 2 N–H and O–H groups in total. The first-order valence-corrected chi connectivity index (χ1v) is 6.22. The van der Waals surface area contributed by atoms with Gasteiger partial charge in [0.05, 0.1) is 6.04 Å². The van der Waals surface area contributed by atoms with E-state index in [0.29, 0.717) is 11.6 Å². The van der Waals surface area contributed by atoms with Gasteiger partial charge in [-0.05, 0) is 41.8 Å². The molecule has 0 saturated heterocycles. The molecule has 96 valence electrons. The highest BCUT2D eigenvalue weighted by molar-refractivity contribution is 5.71. The molecule has 0 spiro atoms. The Bertz CT molecular complexity index is 518. The van der Waals surface area contributed by atoms with Crippen LogP contribution in [-0.4, -0.2) is 20.2 Å². The zero-order chi connectivity index (χ0) is 13.1. The first-order chi connectivity index (χ1) is 8.59. The smallest absolute Gasteiger partial charge is 0.184 e. The second-order valence-corrected chi connectivity index (χ2v) is 5.01. The topological polar surface area (TPSA) is 69.6 Å². The van der Waals surface area contributed by atoms with Gasteiger partial charge in [0.1, 0.15) is 0 Å². The zero-order valence-corrected chi connectivity index (χ0v) is 11.0. The van der Waals surface area contributed by atoms with Crippen molar-refractivity contribution in [2.24, 2.45) is 5.92 Å². The number of aromatic nitrogens is 4. The summed E-state index contributed by atoms with van der Waals surface area (Å²) in [5.74, 6) is 1.34. The molecule has 2 rings (SSSR count). The van der Waals surface area contributed by atoms with E-state index in [-0.39, 0.29) is 6.04 Å². The minimum Gasteiger partial charge on any atom is -0.398 e. The van der Waals surface area contributed by atoms with Gasteiger partial charge in [-0.3, -0.25) is 0 Å². The normalized spacial score (nSPS) is 12.9. The van der Waals surface area contributed by atoms with Crippen LogP contribution in [0.2, 0.25) is 0 Å². The van der Waals surface area contributed by atoms with Gasteiger partial charge in [-0.15, -0.1) is 5.10 Å². The molecule has 5 nitrogen and oxygen atoms in total. The molecule has 0 aliphatic carbocycles. The van der Waals surface area contributed by atoms with Gasteiger partial charge in [0.25, 0.3) is 0 Å². The van der Waals surface area contributed by atoms with E-state index in [4.69, 9.17) is 5.73 Å². The number of nitrogens with two attached hydrogens (primary N) is 1. The first-order valence-electron chi connectivity index (χ1n) is 6.22. The van der Waals surface area contributed by atoms with E-state index < -0.39 is 0 Å². The number of rotatable bonds is 4. The van der Waals surface area contributed by atoms with Crippen LogP contribution < -0.4 is 5.73 Å². The number of benzene rings is 1. The Morgan fingerprint density at radius 2 is 1.94 bits per heavy atom. The molecule has 0 saturated carbocycles. The fourth-order valence-corrected chi connectivity index (χ4v) is 2.15. The van der Waals surface area contributed by atoms with Crippen LogP contribution >= 0.6 is 0 Å². The Kier molecular flexibility index (Phi) is 3.60. The molecular formula is C13H19N5. The SMILES string of the molecule is CC(C)CC(C)n1nnnc1-c1ccccc1N. The largest absolute Gasteiger partial charge is 0.398 e. The number of anilines is 1. The van der Waals surface area contributed by atoms with Crippen molar-refractivity contribution in [1.82, 2.24) is 20.2 Å². The fraction of sp³-hybridized carbons (Fsp3) is 0.462. The van der Waals surface area contributed by atoms with Crippen molar-refractivity contribution in [2.75, 3.05) is 5.73 Å². The van der Waals surface area contributed by atoms with Crippen LogP contribution in [0.25, 0.3) is 11.4 Å². The molecule has 2 aromatic rings. The minimum absolute atomic E-state index is 0.259. The summed E-state index contributed by atoms with van der Waals surface area (Å²) in [5, 5.41) is 12.0. The summed E-state index contributed by atoms with van der Waals surface area (Å²) in [6, 6.07) is 7.92. The van der Waals surface area contributed by atoms with Gasteiger partial charge in [0.2, 0.25) is 0 Å². The van der Waals surface area contributed by atoms with Gasteiger partial charge in [-0.25, -0.2) is 4.68 Å². The molecule has 0 aliphatic rings. The first kappa shape index (κ1) is 12.5. The molecule has 0 radical (unpaired) electrons. The Hall–Kier alpha value is -1.91. The van der Waals surface area contributed by atoms with Gasteiger partial charge in [0, 0.05) is 11.3 Å². The Morgan fingerprint density at radius 1 is 1.22 bits per heavy atom. The summed E-state index contributed by atoms with van der Waals surface area (Å²) >= 11 is 0. The molecule has 0 amide bonds. The van der Waals surface area contributed by atoms with E-state index in [9.17, 15) is 0 Å². The maximum atomic E-state index is 5.97. The van der Waals surface area contributed by atoms with Crippen LogP contribution in [0, 0.1) is 5.92 Å². The Labute approximate surface area is 107 Å². The minimum atomic E-state index is 0.259. The number of hydrogen-bond acceptors (Lipinski definition) is 4. The maximum absolute atomic E-state index is 5.97. The van der Waals surface area contributed by atoms with Crippen LogP contribution in [0.5, 0.6) is 0 Å². The maximum Gasteiger partial charge on any atom is 0.184 e. The summed E-state index contributed by atoms with van der Waals surface area (Å²) < 4.78 is 1.85. The predicted octanol–water partition coefficient (Wildman–Crippen LogP) is 2.53. The summed E-state index contributed by atoms with van der Waals surface area (Å²) in [4.78, 5) is 0. The van der Waals surface area contributed by atoms with Crippen LogP contribution in [0.3, 0.4) is 0 Å². The average Bonchev–Trinajstić information content (AvgIpc) is 2.77. The van der Waals surface area contributed by atoms with E-state index >= 15 is 0 Å². The molecule has 18 heavy (non-hydrogen) atoms. The van der Waals surface area contributed by atoms with Crippen LogP contribution in [0.4, 0.5) is 5.69 Å². The molecule has 1 aromatic heterocycles. The van der Waals surface area contributed by atoms with E-state index in [1.54, 1.807) is 0 Å². The number of para-hydroxylation sites is 1. The fourth-order valence-electron chi connectivity index (χ4n) is 2.15. The van der Waals surface area contributed by atoms with Gasteiger partial charge in [-0.2, -0.15) is 0 Å². The highest BCUT2D eigenvalue weighted by Gasteiger charge is 2.16. The van der Waals surface area contributed by atoms with Crippen LogP contribution in [0.1, 0.15) is 33.2 Å². The van der Waals surface area contributed by atoms with E-state index in [1.807, 2.05) is 28.9 Å². The standard InChI is InChI=1S/C13H19N5/c1-9(2)8-10(3)18-13(15-16-17-18)11-6-4-5-7-12(11)14/h4-7,9-10H,8,14H2,1-3H3. The van der Waals surface area contributed by atoms with E-state index in [2.05, 4.69) is 36.3 Å². The summed E-state index contributed by atoms with van der Waals surface area (Å²) in [6.45, 7) is 6.51. The van der Waals surface area contributed by atoms with Crippen molar-refractivity contribution >= 4 is 5.69 Å². The molecule has 1 heterocycles. The van der Waals surface area contributed by atoms with Gasteiger partial charge >= 0.3 is 0 Å².